The van der Waals surface area contributed by atoms with Gasteiger partial charge < -0.3 is 15.7 Å². The van der Waals surface area contributed by atoms with Crippen molar-refractivity contribution in [3.63, 3.8) is 0 Å². The van der Waals surface area contributed by atoms with Gasteiger partial charge in [0, 0.05) is 35.6 Å². The standard InChI is InChI=1S/C28H29N3O4/c1-17-10-4-6-12-19(17)30-26(33)24-22(32)16-28(3,35)25(23(24)21-14-8-9-15-29-21)27(34)31-20-13-7-5-11-18(20)2/h4-15,23-25,35H,16H2,1-3H3,(H,30,33)(H,31,34)/t23-,24+,25+,28-/m0/s1. The highest BCUT2D eigenvalue weighted by atomic mass is 16.3. The molecule has 1 heterocycles. The summed E-state index contributed by atoms with van der Waals surface area (Å²) in [5.41, 5.74) is 1.62. The Hall–Kier alpha value is -3.84. The highest BCUT2D eigenvalue weighted by molar-refractivity contribution is 6.10. The fraction of sp³-hybridized carbons (Fsp3) is 0.286. The zero-order chi connectivity index (χ0) is 25.2. The van der Waals surface area contributed by atoms with E-state index in [-0.39, 0.29) is 6.42 Å². The number of nitrogens with zero attached hydrogens (tertiary/aromatic N) is 1. The van der Waals surface area contributed by atoms with Crippen molar-refractivity contribution in [2.45, 2.75) is 38.7 Å². The predicted octanol–water partition coefficient (Wildman–Crippen LogP) is 4.02. The van der Waals surface area contributed by atoms with Crippen molar-refractivity contribution in [1.29, 1.82) is 0 Å². The minimum atomic E-state index is -1.68. The molecule has 0 radical (unpaired) electrons. The van der Waals surface area contributed by atoms with E-state index in [2.05, 4.69) is 15.6 Å². The summed E-state index contributed by atoms with van der Waals surface area (Å²) in [5, 5.41) is 17.1. The number of aryl methyl sites for hydroxylation is 2. The lowest BCUT2D eigenvalue weighted by Crippen LogP contribution is -2.56. The topological polar surface area (TPSA) is 108 Å². The van der Waals surface area contributed by atoms with Crippen molar-refractivity contribution in [2.75, 3.05) is 10.6 Å². The zero-order valence-electron chi connectivity index (χ0n) is 20.0. The molecular weight excluding hydrogens is 442 g/mol. The predicted molar refractivity (Wildman–Crippen MR) is 134 cm³/mol. The summed E-state index contributed by atoms with van der Waals surface area (Å²) < 4.78 is 0. The summed E-state index contributed by atoms with van der Waals surface area (Å²) in [5.74, 6) is -4.68. The molecule has 2 amide bonds. The number of nitrogens with one attached hydrogen (secondary N) is 2. The van der Waals surface area contributed by atoms with E-state index in [0.29, 0.717) is 17.1 Å². The summed E-state index contributed by atoms with van der Waals surface area (Å²) in [6.07, 6.45) is 1.23. The van der Waals surface area contributed by atoms with Gasteiger partial charge in [0.2, 0.25) is 11.8 Å². The molecule has 1 aromatic heterocycles. The van der Waals surface area contributed by atoms with E-state index in [1.165, 1.54) is 6.92 Å². The van der Waals surface area contributed by atoms with Gasteiger partial charge in [0.05, 0.1) is 11.5 Å². The van der Waals surface area contributed by atoms with Crippen molar-refractivity contribution < 1.29 is 19.5 Å². The number of carbonyl (C=O) groups is 3. The maximum Gasteiger partial charge on any atom is 0.235 e. The first kappa shape index (κ1) is 24.3. The molecule has 0 aliphatic heterocycles. The SMILES string of the molecule is Cc1ccccc1NC(=O)[C@@H]1C(=O)C[C@](C)(O)[C@@H](C(=O)Nc2ccccc2C)[C@H]1c1ccccn1. The Morgan fingerprint density at radius 2 is 1.43 bits per heavy atom. The van der Waals surface area contributed by atoms with E-state index in [4.69, 9.17) is 0 Å². The van der Waals surface area contributed by atoms with Crippen LogP contribution in [0.1, 0.15) is 36.1 Å². The van der Waals surface area contributed by atoms with E-state index >= 15 is 0 Å². The molecular formula is C28H29N3O4. The fourth-order valence-electron chi connectivity index (χ4n) is 4.87. The summed E-state index contributed by atoms with van der Waals surface area (Å²) in [7, 11) is 0. The van der Waals surface area contributed by atoms with Gasteiger partial charge in [0.1, 0.15) is 11.7 Å². The molecule has 0 unspecified atom stereocenters. The number of hydrogen-bond donors (Lipinski definition) is 3. The number of benzene rings is 2. The molecule has 0 saturated heterocycles. The summed E-state index contributed by atoms with van der Waals surface area (Å²) in [6, 6.07) is 19.7. The molecule has 2 aromatic carbocycles. The number of ketones is 1. The maximum atomic E-state index is 13.7. The van der Waals surface area contributed by atoms with Crippen LogP contribution in [0.25, 0.3) is 0 Å². The third-order valence-electron chi connectivity index (χ3n) is 6.67. The van der Waals surface area contributed by atoms with E-state index in [1.54, 1.807) is 48.7 Å². The summed E-state index contributed by atoms with van der Waals surface area (Å²) in [4.78, 5) is 44.9. The average Bonchev–Trinajstić information content (AvgIpc) is 2.81. The van der Waals surface area contributed by atoms with Crippen LogP contribution in [0.15, 0.2) is 72.9 Å². The summed E-state index contributed by atoms with van der Waals surface area (Å²) >= 11 is 0. The Morgan fingerprint density at radius 3 is 1.97 bits per heavy atom. The number of aliphatic hydroxyl groups is 1. The molecule has 1 aliphatic rings. The number of rotatable bonds is 5. The summed E-state index contributed by atoms with van der Waals surface area (Å²) in [6.45, 7) is 5.20. The highest BCUT2D eigenvalue weighted by Gasteiger charge is 2.56. The first-order chi connectivity index (χ1) is 16.7. The lowest BCUT2D eigenvalue weighted by Gasteiger charge is -2.44. The quantitative estimate of drug-likeness (QED) is 0.487. The molecule has 3 aromatic rings. The van der Waals surface area contributed by atoms with Crippen LogP contribution >= 0.6 is 0 Å². The van der Waals surface area contributed by atoms with Crippen molar-refractivity contribution in [3.8, 4) is 0 Å². The second-order valence-corrected chi connectivity index (χ2v) is 9.34. The van der Waals surface area contributed by atoms with Gasteiger partial charge >= 0.3 is 0 Å². The lowest BCUT2D eigenvalue weighted by atomic mass is 9.62. The van der Waals surface area contributed by atoms with Gasteiger partial charge in [-0.15, -0.1) is 0 Å². The number of hydrogen-bond acceptors (Lipinski definition) is 5. The van der Waals surface area contributed by atoms with Crippen LogP contribution in [0.5, 0.6) is 0 Å². The Bertz CT molecular complexity index is 1260. The van der Waals surface area contributed by atoms with Crippen molar-refractivity contribution in [2.24, 2.45) is 11.8 Å². The lowest BCUT2D eigenvalue weighted by molar-refractivity contribution is -0.151. The van der Waals surface area contributed by atoms with Gasteiger partial charge in [-0.2, -0.15) is 0 Å². The smallest absolute Gasteiger partial charge is 0.235 e. The first-order valence-corrected chi connectivity index (χ1v) is 11.6. The van der Waals surface area contributed by atoms with Crippen LogP contribution in [-0.2, 0) is 14.4 Å². The van der Waals surface area contributed by atoms with Crippen LogP contribution in [0, 0.1) is 25.7 Å². The Kier molecular flexibility index (Phi) is 6.80. The third kappa shape index (κ3) is 5.00. The molecule has 35 heavy (non-hydrogen) atoms. The molecule has 4 rings (SSSR count). The largest absolute Gasteiger partial charge is 0.389 e. The van der Waals surface area contributed by atoms with Gasteiger partial charge in [-0.05, 0) is 56.2 Å². The van der Waals surface area contributed by atoms with E-state index in [1.807, 2.05) is 38.1 Å². The molecule has 0 spiro atoms. The number of para-hydroxylation sites is 2. The number of Topliss-reactive ketones (excluding diaryl/α,β-unsaturated/α-hetero) is 1. The number of carbonyl (C=O) groups excluding carboxylic acids is 3. The molecule has 1 saturated carbocycles. The normalized spacial score (nSPS) is 24.0. The van der Waals surface area contributed by atoms with Crippen LogP contribution < -0.4 is 10.6 Å². The molecule has 4 atom stereocenters. The molecule has 7 nitrogen and oxygen atoms in total. The first-order valence-electron chi connectivity index (χ1n) is 11.6. The van der Waals surface area contributed by atoms with Crippen LogP contribution in [0.3, 0.4) is 0 Å². The number of anilines is 2. The molecule has 180 valence electrons. The van der Waals surface area contributed by atoms with Crippen LogP contribution in [0.2, 0.25) is 0 Å². The van der Waals surface area contributed by atoms with E-state index in [0.717, 1.165) is 11.1 Å². The van der Waals surface area contributed by atoms with Crippen molar-refractivity contribution in [3.05, 3.63) is 89.7 Å². The Morgan fingerprint density at radius 1 is 0.886 bits per heavy atom. The van der Waals surface area contributed by atoms with Gasteiger partial charge in [-0.1, -0.05) is 42.5 Å². The van der Waals surface area contributed by atoms with E-state index < -0.39 is 41.0 Å². The minimum absolute atomic E-state index is 0.325. The second-order valence-electron chi connectivity index (χ2n) is 9.34. The fourth-order valence-corrected chi connectivity index (χ4v) is 4.87. The molecule has 3 N–H and O–H groups in total. The molecule has 1 aliphatic carbocycles. The van der Waals surface area contributed by atoms with Crippen molar-refractivity contribution >= 4 is 29.0 Å². The highest BCUT2D eigenvalue weighted by Crippen LogP contribution is 2.46. The van der Waals surface area contributed by atoms with Crippen LogP contribution in [-0.4, -0.2) is 33.3 Å². The van der Waals surface area contributed by atoms with Gasteiger partial charge in [-0.3, -0.25) is 19.4 Å². The number of aromatic nitrogens is 1. The second kappa shape index (κ2) is 9.80. The van der Waals surface area contributed by atoms with Crippen LogP contribution in [0.4, 0.5) is 11.4 Å². The van der Waals surface area contributed by atoms with Gasteiger partial charge in [-0.25, -0.2) is 0 Å². The monoisotopic (exact) mass is 471 g/mol. The molecule has 0 bridgehead atoms. The molecule has 7 heteroatoms. The third-order valence-corrected chi connectivity index (χ3v) is 6.67. The zero-order valence-corrected chi connectivity index (χ0v) is 20.0. The Labute approximate surface area is 204 Å². The average molecular weight is 472 g/mol. The maximum absolute atomic E-state index is 13.7. The van der Waals surface area contributed by atoms with Gasteiger partial charge in [0.25, 0.3) is 0 Å². The molecule has 1 fully saturated rings. The minimum Gasteiger partial charge on any atom is -0.389 e. The Balaban J connectivity index is 1.76. The van der Waals surface area contributed by atoms with E-state index in [9.17, 15) is 19.5 Å². The number of pyridine rings is 1. The van der Waals surface area contributed by atoms with Crippen molar-refractivity contribution in [1.82, 2.24) is 4.98 Å². The number of amides is 2. The van der Waals surface area contributed by atoms with Gasteiger partial charge in [0.15, 0.2) is 0 Å².